The van der Waals surface area contributed by atoms with Crippen LogP contribution in [0.25, 0.3) is 55.8 Å². The number of hydrogen-bond acceptors (Lipinski definition) is 16. The number of benzene rings is 13. The van der Waals surface area contributed by atoms with Crippen LogP contribution < -0.4 is 21.3 Å². The highest BCUT2D eigenvalue weighted by Gasteiger charge is 2.29. The number of hydrogen-bond donors (Lipinski definition) is 8. The lowest BCUT2D eigenvalue weighted by atomic mass is 9.91. The molecule has 0 unspecified atom stereocenters. The van der Waals surface area contributed by atoms with Gasteiger partial charge in [0.25, 0.3) is 0 Å². The maximum atomic E-state index is 13.1. The number of nitrogens with one attached hydrogen (secondary N) is 4. The van der Waals surface area contributed by atoms with Crippen LogP contribution >= 0.6 is 0 Å². The molecule has 0 atom stereocenters. The molecule has 21 rings (SSSR count). The van der Waals surface area contributed by atoms with Crippen molar-refractivity contribution >= 4 is 57.7 Å². The quantitative estimate of drug-likeness (QED) is 0.0237. The van der Waals surface area contributed by atoms with E-state index in [-0.39, 0.29) is 53.0 Å². The first-order valence-electron chi connectivity index (χ1n) is 47.9. The molecular weight excluding hydrogens is 1730 g/mol. The van der Waals surface area contributed by atoms with Crippen LogP contribution in [0.5, 0.6) is 23.0 Å². The molecule has 139 heavy (non-hydrogen) atoms. The SMILES string of the molecule is O=C(CCCc1ccccc1)Nc1nc2c(nc1CCc1ccccc1)-c1ccc(O)cc1CC2.O=C(CCc1ccccc1)Nc1nc2c(nc1CCc1ccccc1)-c1ccc(O)cc1CC2.O=C(Cc1ccc2ccccc2c1)Nc1nc2c(nc1CCc1ccccc1)-c1ccc(O)cc1CC2.O=C(Cc1ccccc1)Nc1nc2c(nc1CCc1ccccc1)-c1ccc(O)cc1CC2. The molecule has 4 aliphatic rings. The number of aromatic hydroxyl groups is 4. The van der Waals surface area contributed by atoms with Gasteiger partial charge in [0.2, 0.25) is 23.6 Å². The Kier molecular flexibility index (Phi) is 29.9. The van der Waals surface area contributed by atoms with E-state index in [2.05, 4.69) is 106 Å². The number of aryl methyl sites for hydroxylation is 18. The van der Waals surface area contributed by atoms with Crippen LogP contribution in [0.1, 0.15) is 132 Å². The lowest BCUT2D eigenvalue weighted by molar-refractivity contribution is -0.117. The largest absolute Gasteiger partial charge is 0.508 e. The summed E-state index contributed by atoms with van der Waals surface area (Å²) in [6, 6.07) is 107. The fraction of sp³-hybridized carbons (Fsp3) is 0.193. The van der Waals surface area contributed by atoms with Crippen LogP contribution in [0.4, 0.5) is 23.3 Å². The summed E-state index contributed by atoms with van der Waals surface area (Å²) >= 11 is 0. The first kappa shape index (κ1) is 92.9. The van der Waals surface area contributed by atoms with E-state index in [1.807, 2.05) is 212 Å². The number of phenolic OH excluding ortho intramolecular Hbond substituents is 4. The Morgan fingerprint density at radius 2 is 0.489 bits per heavy atom. The highest BCUT2D eigenvalue weighted by molar-refractivity contribution is 5.95. The molecule has 4 amide bonds. The van der Waals surface area contributed by atoms with Crippen molar-refractivity contribution in [3.05, 3.63) is 440 Å². The van der Waals surface area contributed by atoms with Crippen molar-refractivity contribution in [2.45, 2.75) is 148 Å². The number of carbonyl (C=O) groups is 4. The molecular formula is C119H108N12O8. The maximum Gasteiger partial charge on any atom is 0.229 e. The smallest absolute Gasteiger partial charge is 0.229 e. The number of phenols is 4. The van der Waals surface area contributed by atoms with E-state index in [1.54, 1.807) is 30.3 Å². The Morgan fingerprint density at radius 3 is 0.813 bits per heavy atom. The van der Waals surface area contributed by atoms with Crippen molar-refractivity contribution in [2.75, 3.05) is 21.3 Å². The molecule has 0 saturated carbocycles. The van der Waals surface area contributed by atoms with Crippen LogP contribution in [0.2, 0.25) is 0 Å². The highest BCUT2D eigenvalue weighted by atomic mass is 16.3. The number of aromatic nitrogens is 8. The molecule has 0 saturated heterocycles. The molecule has 0 fully saturated rings. The minimum absolute atomic E-state index is 0.0303. The first-order chi connectivity index (χ1) is 68.1. The van der Waals surface area contributed by atoms with Gasteiger partial charge in [-0.3, -0.25) is 19.2 Å². The minimum atomic E-state index is -0.105. The summed E-state index contributed by atoms with van der Waals surface area (Å²) in [4.78, 5) is 91.2. The van der Waals surface area contributed by atoms with Crippen LogP contribution in [-0.2, 0) is 148 Å². The fourth-order valence-corrected chi connectivity index (χ4v) is 18.4. The third-order valence-electron chi connectivity index (χ3n) is 25.6. The number of fused-ring (bicyclic) bond motifs is 13. The van der Waals surface area contributed by atoms with Gasteiger partial charge in [-0.1, -0.05) is 255 Å². The molecule has 17 aromatic rings. The number of anilines is 4. The molecule has 20 heteroatoms. The normalized spacial score (nSPS) is 12.0. The zero-order valence-electron chi connectivity index (χ0n) is 77.4. The lowest BCUT2D eigenvalue weighted by Gasteiger charge is -2.21. The van der Waals surface area contributed by atoms with Crippen LogP contribution in [0.3, 0.4) is 0 Å². The van der Waals surface area contributed by atoms with E-state index in [9.17, 15) is 39.6 Å². The predicted octanol–water partition coefficient (Wildman–Crippen LogP) is 22.0. The first-order valence-corrected chi connectivity index (χ1v) is 47.9. The van der Waals surface area contributed by atoms with E-state index in [0.29, 0.717) is 81.1 Å². The zero-order chi connectivity index (χ0) is 95.2. The van der Waals surface area contributed by atoms with Gasteiger partial charge in [-0.15, -0.1) is 0 Å². The molecule has 4 heterocycles. The molecule has 0 aliphatic heterocycles. The van der Waals surface area contributed by atoms with Gasteiger partial charge in [0, 0.05) is 35.1 Å². The molecule has 0 radical (unpaired) electrons. The van der Waals surface area contributed by atoms with Gasteiger partial charge in [-0.05, 0) is 272 Å². The number of nitrogens with zero attached hydrogens (tertiary/aromatic N) is 8. The van der Waals surface area contributed by atoms with Crippen LogP contribution in [-0.4, -0.2) is 83.9 Å². The second-order valence-electron chi connectivity index (χ2n) is 35.6. The van der Waals surface area contributed by atoms with E-state index >= 15 is 0 Å². The summed E-state index contributed by atoms with van der Waals surface area (Å²) in [6.07, 6.45) is 15.6. The third-order valence-corrected chi connectivity index (χ3v) is 25.6. The Labute approximate surface area is 809 Å². The number of carbonyl (C=O) groups excluding carboxylic acids is 4. The van der Waals surface area contributed by atoms with Crippen molar-refractivity contribution in [1.82, 2.24) is 39.9 Å². The Morgan fingerprint density at radius 1 is 0.223 bits per heavy atom. The zero-order valence-corrected chi connectivity index (χ0v) is 77.4. The van der Waals surface area contributed by atoms with E-state index in [4.69, 9.17) is 39.9 Å². The Hall–Kier alpha value is -16.5. The van der Waals surface area contributed by atoms with Gasteiger partial charge in [0.1, 0.15) is 23.0 Å². The molecule has 4 aromatic heterocycles. The summed E-state index contributed by atoms with van der Waals surface area (Å²) in [6.45, 7) is 0. The predicted molar refractivity (Wildman–Crippen MR) is 548 cm³/mol. The molecule has 13 aromatic carbocycles. The van der Waals surface area contributed by atoms with Crippen molar-refractivity contribution in [1.29, 1.82) is 0 Å². The van der Waals surface area contributed by atoms with E-state index in [1.165, 1.54) is 27.8 Å². The van der Waals surface area contributed by atoms with Gasteiger partial charge in [0.05, 0.1) is 81.2 Å². The van der Waals surface area contributed by atoms with Gasteiger partial charge in [0.15, 0.2) is 23.3 Å². The average molecular weight is 1830 g/mol. The molecule has 0 spiro atoms. The summed E-state index contributed by atoms with van der Waals surface area (Å²) in [5.74, 6) is 3.00. The van der Waals surface area contributed by atoms with Gasteiger partial charge < -0.3 is 41.7 Å². The standard InChI is InChI=1S/C32H27N3O2.C30H29N3O2.C29H27N3O2.C28H25N3O2/c36-26-14-15-27-25(20-26)13-17-28-31(27)33-29(16-11-21-6-2-1-3-7-21)32(34-28)35-30(37)19-22-10-12-23-8-4-5-9-24(23)18-22;34-24-16-17-25-23(20-24)15-19-26-29(25)31-27(18-14-22-10-5-2-6-11-22)30(32-26)33-28(35)13-7-12-21-8-3-1-4-9-21;33-23-14-15-24-22(19-23)13-17-25-28(24)30-26(16-11-20-7-3-1-4-8-20)29(31-25)32-27(34)18-12-21-9-5-2-6-10-21;32-22-13-14-23-21(18-22)12-16-24-27(23)29-25(15-11-19-7-3-1-4-8-19)28(30-24)31-26(33)17-20-9-5-2-6-10-20/h1-10,12,14-15,18,20,36H,11,13,16-17,19H2,(H,34,35,37);1-6,8-11,16-17,20,34H,7,12-15,18-19H2,(H,32,33,35);1-10,14-15,19,33H,11-13,16-18H2,(H,31,32,34);1-10,13-14,18,32H,11-12,15-17H2,(H,30,31,33). The molecule has 8 N–H and O–H groups in total. The number of rotatable bonds is 27. The van der Waals surface area contributed by atoms with Crippen LogP contribution in [0, 0.1) is 0 Å². The van der Waals surface area contributed by atoms with Crippen LogP contribution in [0.15, 0.2) is 328 Å². The van der Waals surface area contributed by atoms with Crippen molar-refractivity contribution in [3.8, 4) is 68.0 Å². The topological polar surface area (TPSA) is 300 Å². The second kappa shape index (κ2) is 44.8. The summed E-state index contributed by atoms with van der Waals surface area (Å²) in [7, 11) is 0. The lowest BCUT2D eigenvalue weighted by Crippen LogP contribution is -2.20. The van der Waals surface area contributed by atoms with E-state index < -0.39 is 0 Å². The summed E-state index contributed by atoms with van der Waals surface area (Å²) in [5, 5.41) is 54.1. The Balaban J connectivity index is 0.000000123. The monoisotopic (exact) mass is 1830 g/mol. The Bertz CT molecular complexity index is 7240. The average Bonchev–Trinajstić information content (AvgIpc) is 0.782. The van der Waals surface area contributed by atoms with Gasteiger partial charge in [-0.2, -0.15) is 0 Å². The van der Waals surface area contributed by atoms with E-state index in [0.717, 1.165) is 224 Å². The highest BCUT2D eigenvalue weighted by Crippen LogP contribution is 2.41. The van der Waals surface area contributed by atoms with Crippen molar-refractivity contribution in [2.24, 2.45) is 0 Å². The molecule has 0 bridgehead atoms. The van der Waals surface area contributed by atoms with Crippen molar-refractivity contribution in [3.63, 3.8) is 0 Å². The van der Waals surface area contributed by atoms with Crippen molar-refractivity contribution < 1.29 is 39.6 Å². The minimum Gasteiger partial charge on any atom is -0.508 e. The maximum absolute atomic E-state index is 13.1. The van der Waals surface area contributed by atoms with Gasteiger partial charge >= 0.3 is 0 Å². The van der Waals surface area contributed by atoms with Gasteiger partial charge in [-0.25, -0.2) is 39.9 Å². The summed E-state index contributed by atoms with van der Waals surface area (Å²) in [5.41, 5.74) is 27.6. The molecule has 4 aliphatic carbocycles. The summed E-state index contributed by atoms with van der Waals surface area (Å²) < 4.78 is 0. The molecule has 20 nitrogen and oxygen atoms in total. The molecule has 692 valence electrons. The fourth-order valence-electron chi connectivity index (χ4n) is 18.4. The third kappa shape index (κ3) is 24.4. The second-order valence-corrected chi connectivity index (χ2v) is 35.6. The number of amides is 4.